The first-order valence-electron chi connectivity index (χ1n) is 5.25. The minimum absolute atomic E-state index is 0.288. The van der Waals surface area contributed by atoms with Gasteiger partial charge in [0.15, 0.2) is 0 Å². The lowest BCUT2D eigenvalue weighted by Crippen LogP contribution is -1.95. The molecule has 0 saturated carbocycles. The second-order valence-corrected chi connectivity index (χ2v) is 4.14. The van der Waals surface area contributed by atoms with E-state index in [0.29, 0.717) is 14.2 Å². The first-order valence-corrected chi connectivity index (χ1v) is 5.21. The first kappa shape index (κ1) is 6.79. The van der Waals surface area contributed by atoms with E-state index in [1.54, 1.807) is 6.07 Å². The second kappa shape index (κ2) is 3.86. The van der Waals surface area contributed by atoms with Gasteiger partial charge in [-0.1, -0.05) is 11.6 Å². The zero-order valence-corrected chi connectivity index (χ0v) is 9.80. The summed E-state index contributed by atoms with van der Waals surface area (Å²) in [5.41, 5.74) is 0. The van der Waals surface area contributed by atoms with Crippen LogP contribution in [0.15, 0.2) is 18.3 Å². The quantitative estimate of drug-likeness (QED) is 0.648. The summed E-state index contributed by atoms with van der Waals surface area (Å²) in [5.74, 6) is 0.288. The van der Waals surface area contributed by atoms with E-state index in [9.17, 15) is 0 Å². The van der Waals surface area contributed by atoms with E-state index in [2.05, 4.69) is 15.3 Å². The summed E-state index contributed by atoms with van der Waals surface area (Å²) in [6.07, 6.45) is 1.51. The highest BCUT2D eigenvalue weighted by atomic mass is 127. The van der Waals surface area contributed by atoms with Crippen molar-refractivity contribution < 1.29 is 4.11 Å². The average molecular weight is 323 g/mol. The van der Waals surface area contributed by atoms with E-state index in [1.807, 2.05) is 28.7 Å². The van der Waals surface area contributed by atoms with Crippen molar-refractivity contribution >= 4 is 50.8 Å². The summed E-state index contributed by atoms with van der Waals surface area (Å²) in [5, 5.41) is 4.18. The van der Waals surface area contributed by atoms with E-state index in [4.69, 9.17) is 15.7 Å². The fourth-order valence-electron chi connectivity index (χ4n) is 1.18. The Labute approximate surface area is 104 Å². The number of rotatable bonds is 1. The number of halogens is 2. The number of nitrogens with one attached hydrogen (secondary N) is 1. The summed E-state index contributed by atoms with van der Waals surface area (Å²) < 4.78 is 22.3. The minimum Gasteiger partial charge on any atom is -0.373 e. The Bertz CT molecular complexity index is 568. The van der Waals surface area contributed by atoms with Gasteiger partial charge in [0.25, 0.3) is 0 Å². The van der Waals surface area contributed by atoms with Gasteiger partial charge in [0.05, 0.1) is 0 Å². The molecule has 0 unspecified atom stereocenters. The molecule has 0 spiro atoms. The van der Waals surface area contributed by atoms with Crippen molar-refractivity contribution in [3.05, 3.63) is 27.2 Å². The van der Waals surface area contributed by atoms with Crippen molar-refractivity contribution in [2.24, 2.45) is 0 Å². The Morgan fingerprint density at radius 2 is 2.43 bits per heavy atom. The first-order chi connectivity index (χ1) is 7.85. The molecule has 0 atom stereocenters. The monoisotopic (exact) mass is 322 g/mol. The molecule has 0 fully saturated rings. The van der Waals surface area contributed by atoms with Crippen molar-refractivity contribution in [1.29, 1.82) is 0 Å². The Balaban J connectivity index is 2.62. The third-order valence-corrected chi connectivity index (χ3v) is 2.53. The summed E-state index contributed by atoms with van der Waals surface area (Å²) >= 11 is 7.81. The number of hydrogen-bond acceptors (Lipinski definition) is 3. The van der Waals surface area contributed by atoms with Gasteiger partial charge in [-0.2, -0.15) is 0 Å². The molecule has 0 radical (unpaired) electrons. The van der Waals surface area contributed by atoms with E-state index in [-0.39, 0.29) is 5.82 Å². The van der Waals surface area contributed by atoms with Crippen LogP contribution in [0.5, 0.6) is 0 Å². The molecule has 0 saturated heterocycles. The number of pyridine rings is 2. The van der Waals surface area contributed by atoms with Gasteiger partial charge in [0, 0.05) is 22.7 Å². The highest BCUT2D eigenvalue weighted by molar-refractivity contribution is 14.1. The second-order valence-electron chi connectivity index (χ2n) is 2.65. The molecule has 0 bridgehead atoms. The molecule has 3 nitrogen and oxygen atoms in total. The van der Waals surface area contributed by atoms with Crippen LogP contribution in [0, 0.1) is 3.70 Å². The summed E-state index contributed by atoms with van der Waals surface area (Å²) in [4.78, 5) is 8.08. The molecule has 2 aromatic rings. The van der Waals surface area contributed by atoms with Crippen LogP contribution in [0.3, 0.4) is 0 Å². The molecule has 0 aromatic carbocycles. The molecular formula is C9H7ClIN3. The predicted octanol–water partition coefficient (Wildman–Crippen LogP) is 2.93. The fourth-order valence-corrected chi connectivity index (χ4v) is 1.93. The van der Waals surface area contributed by atoms with E-state index in [1.165, 1.54) is 6.20 Å². The zero-order valence-electron chi connectivity index (χ0n) is 9.88. The van der Waals surface area contributed by atoms with Crippen LogP contribution in [0.1, 0.15) is 4.11 Å². The van der Waals surface area contributed by atoms with Gasteiger partial charge >= 0.3 is 0 Å². The molecule has 2 heterocycles. The maximum absolute atomic E-state index is 7.19. The van der Waals surface area contributed by atoms with E-state index >= 15 is 0 Å². The van der Waals surface area contributed by atoms with Crippen molar-refractivity contribution in [3.8, 4) is 0 Å². The number of anilines is 1. The predicted molar refractivity (Wildman–Crippen MR) is 66.8 cm³/mol. The maximum atomic E-state index is 7.19. The lowest BCUT2D eigenvalue weighted by Gasteiger charge is -2.05. The smallest absolute Gasteiger partial charge is 0.136 e. The van der Waals surface area contributed by atoms with Crippen molar-refractivity contribution in [2.75, 3.05) is 12.3 Å². The Morgan fingerprint density at radius 3 is 3.21 bits per heavy atom. The Hall–Kier alpha value is -0.620. The molecule has 2 aromatic heterocycles. The number of aromatic nitrogens is 2. The van der Waals surface area contributed by atoms with Gasteiger partial charge in [-0.25, -0.2) is 9.97 Å². The topological polar surface area (TPSA) is 37.8 Å². The third-order valence-electron chi connectivity index (χ3n) is 1.77. The summed E-state index contributed by atoms with van der Waals surface area (Å²) in [7, 11) is 0. The van der Waals surface area contributed by atoms with Crippen LogP contribution >= 0.6 is 34.2 Å². The molecule has 72 valence electrons. The average Bonchev–Trinajstić information content (AvgIpc) is 2.13. The lowest BCUT2D eigenvalue weighted by molar-refractivity contribution is 1.26. The number of fused-ring (bicyclic) bond motifs is 1. The molecule has 1 N–H and O–H groups in total. The van der Waals surface area contributed by atoms with Crippen LogP contribution in [0.2, 0.25) is 5.15 Å². The summed E-state index contributed by atoms with van der Waals surface area (Å²) in [6, 6.07) is 3.49. The Morgan fingerprint density at radius 1 is 1.57 bits per heavy atom. The molecule has 14 heavy (non-hydrogen) atoms. The highest BCUT2D eigenvalue weighted by Gasteiger charge is 2.04. The molecule has 0 aliphatic carbocycles. The number of hydrogen-bond donors (Lipinski definition) is 1. The van der Waals surface area contributed by atoms with Crippen LogP contribution < -0.4 is 5.32 Å². The van der Waals surface area contributed by atoms with Gasteiger partial charge in [-0.3, -0.25) is 0 Å². The molecular weight excluding hydrogens is 312 g/mol. The van der Waals surface area contributed by atoms with Crippen LogP contribution in [0.4, 0.5) is 5.82 Å². The van der Waals surface area contributed by atoms with E-state index < -0.39 is 6.98 Å². The standard InChI is InChI=1S/C9H7ClIN3/c1-12-9-6-4-13-7(10)2-5(6)3-8(11)14-9/h2-4H,1H3,(H,12,14)/i1D3. The highest BCUT2D eigenvalue weighted by Crippen LogP contribution is 2.24. The van der Waals surface area contributed by atoms with Crippen LogP contribution in [-0.2, 0) is 0 Å². The van der Waals surface area contributed by atoms with Gasteiger partial charge in [0.1, 0.15) is 14.7 Å². The maximum Gasteiger partial charge on any atom is 0.136 e. The lowest BCUT2D eigenvalue weighted by atomic mass is 10.2. The summed E-state index contributed by atoms with van der Waals surface area (Å²) in [6.45, 7) is -2.29. The zero-order chi connectivity index (χ0) is 12.6. The van der Waals surface area contributed by atoms with Crippen LogP contribution in [-0.4, -0.2) is 16.9 Å². The third kappa shape index (κ3) is 1.76. The van der Waals surface area contributed by atoms with Crippen molar-refractivity contribution in [2.45, 2.75) is 0 Å². The van der Waals surface area contributed by atoms with Gasteiger partial charge in [0.2, 0.25) is 0 Å². The molecule has 2 rings (SSSR count). The van der Waals surface area contributed by atoms with Gasteiger partial charge < -0.3 is 5.32 Å². The SMILES string of the molecule is [2H]C([2H])([2H])Nc1nc(I)cc2cc(Cl)ncc12. The van der Waals surface area contributed by atoms with Gasteiger partial charge in [-0.05, 0) is 40.1 Å². The molecule has 0 amide bonds. The minimum atomic E-state index is -2.29. The molecule has 5 heteroatoms. The largest absolute Gasteiger partial charge is 0.373 e. The fraction of sp³-hybridized carbons (Fsp3) is 0.111. The molecule has 0 aliphatic rings. The Kier molecular flexibility index (Phi) is 1.87. The van der Waals surface area contributed by atoms with E-state index in [0.717, 1.165) is 5.39 Å². The van der Waals surface area contributed by atoms with Gasteiger partial charge in [-0.15, -0.1) is 0 Å². The molecule has 0 aliphatic heterocycles. The van der Waals surface area contributed by atoms with Crippen LogP contribution in [0.25, 0.3) is 10.8 Å². The van der Waals surface area contributed by atoms with Crippen molar-refractivity contribution in [3.63, 3.8) is 0 Å². The normalized spacial score (nSPS) is 14.6. The van der Waals surface area contributed by atoms with Crippen molar-refractivity contribution in [1.82, 2.24) is 9.97 Å². The number of nitrogens with zero attached hydrogens (tertiary/aromatic N) is 2.